The molecule has 3 heterocycles. The summed E-state index contributed by atoms with van der Waals surface area (Å²) in [6.07, 6.45) is -3.57. The van der Waals surface area contributed by atoms with Crippen LogP contribution in [0.3, 0.4) is 0 Å². The molecule has 9 nitrogen and oxygen atoms in total. The molecule has 0 bridgehead atoms. The first-order chi connectivity index (χ1) is 19.4. The third kappa shape index (κ3) is 5.01. The van der Waals surface area contributed by atoms with Gasteiger partial charge in [0.1, 0.15) is 11.3 Å². The van der Waals surface area contributed by atoms with Gasteiger partial charge >= 0.3 is 6.18 Å². The monoisotopic (exact) mass is 562 g/mol. The Kier molecular flexibility index (Phi) is 7.02. The fourth-order valence-corrected chi connectivity index (χ4v) is 4.89. The van der Waals surface area contributed by atoms with Crippen LogP contribution in [-0.4, -0.2) is 41.6 Å². The van der Waals surface area contributed by atoms with Crippen molar-refractivity contribution >= 4 is 17.1 Å². The molecule has 0 fully saturated rings. The van der Waals surface area contributed by atoms with Crippen molar-refractivity contribution in [3.63, 3.8) is 0 Å². The number of alkyl halides is 3. The first-order valence-electron chi connectivity index (χ1n) is 12.9. The molecule has 3 aromatic heterocycles. The maximum Gasteiger partial charge on any atom is 0.434 e. The summed E-state index contributed by atoms with van der Waals surface area (Å²) in [4.78, 5) is 26.2. The van der Waals surface area contributed by atoms with E-state index < -0.39 is 17.8 Å². The molecule has 0 spiro atoms. The van der Waals surface area contributed by atoms with Gasteiger partial charge in [0.2, 0.25) is 5.62 Å². The van der Waals surface area contributed by atoms with E-state index in [1.54, 1.807) is 40.4 Å². The predicted octanol–water partition coefficient (Wildman–Crippen LogP) is 4.87. The summed E-state index contributed by atoms with van der Waals surface area (Å²) in [7, 11) is 4.72. The predicted molar refractivity (Wildman–Crippen MR) is 148 cm³/mol. The van der Waals surface area contributed by atoms with Crippen molar-refractivity contribution in [3.05, 3.63) is 82.9 Å². The van der Waals surface area contributed by atoms with E-state index >= 15 is 0 Å². The zero-order valence-corrected chi connectivity index (χ0v) is 23.2. The highest BCUT2D eigenvalue weighted by molar-refractivity contribution is 6.03. The third-order valence-corrected chi connectivity index (χ3v) is 7.02. The number of carbonyl (C=O) groups excluding carboxylic acids is 1. The Morgan fingerprint density at radius 1 is 1.02 bits per heavy atom. The van der Waals surface area contributed by atoms with Gasteiger partial charge in [-0.05, 0) is 17.0 Å². The van der Waals surface area contributed by atoms with Crippen LogP contribution in [0.1, 0.15) is 47.1 Å². The minimum absolute atomic E-state index is 0.108. The highest BCUT2D eigenvalue weighted by atomic mass is 19.4. The molecule has 1 amide bonds. The third-order valence-electron chi connectivity index (χ3n) is 7.02. The second kappa shape index (κ2) is 10.3. The van der Waals surface area contributed by atoms with E-state index in [1.807, 2.05) is 24.3 Å². The molecule has 0 unspecified atom stereocenters. The lowest BCUT2D eigenvalue weighted by Gasteiger charge is -2.13. The van der Waals surface area contributed by atoms with Gasteiger partial charge in [-0.25, -0.2) is 15.0 Å². The standard InChI is InChI=1S/C29H29F3N8O/c1-16(2)19-8-6-7-9-20(19)24-36-22(27(41)34-3)23-26(37-24)40(28(33)39(23)5)14-17-10-12-18(13-11-17)25-35-21(15-38(25)4)29(30,31)32/h6-13,15-16,33H,14H2,1-5H3,(H,34,41). The summed E-state index contributed by atoms with van der Waals surface area (Å²) in [6, 6.07) is 14.7. The fraction of sp³-hybridized carbons (Fsp3) is 0.276. The smallest absolute Gasteiger partial charge is 0.354 e. The molecule has 212 valence electrons. The average molecular weight is 563 g/mol. The van der Waals surface area contributed by atoms with E-state index in [4.69, 9.17) is 10.4 Å². The first-order valence-corrected chi connectivity index (χ1v) is 12.9. The molecule has 5 aromatic rings. The number of nitrogens with zero attached hydrogens (tertiary/aromatic N) is 6. The number of hydrogen-bond donors (Lipinski definition) is 2. The van der Waals surface area contributed by atoms with E-state index in [0.29, 0.717) is 22.6 Å². The van der Waals surface area contributed by atoms with Crippen LogP contribution in [0.4, 0.5) is 13.2 Å². The fourth-order valence-electron chi connectivity index (χ4n) is 4.89. The van der Waals surface area contributed by atoms with Crippen LogP contribution in [-0.2, 0) is 26.8 Å². The van der Waals surface area contributed by atoms with Crippen molar-refractivity contribution in [1.82, 2.24) is 34.0 Å². The van der Waals surface area contributed by atoms with Crippen molar-refractivity contribution in [3.8, 4) is 22.8 Å². The number of hydrogen-bond acceptors (Lipinski definition) is 5. The van der Waals surface area contributed by atoms with Gasteiger partial charge in [0.15, 0.2) is 22.9 Å². The number of imidazole rings is 2. The lowest BCUT2D eigenvalue weighted by Crippen LogP contribution is -2.24. The first kappa shape index (κ1) is 27.8. The van der Waals surface area contributed by atoms with E-state index in [0.717, 1.165) is 22.9 Å². The minimum Gasteiger partial charge on any atom is -0.354 e. The van der Waals surface area contributed by atoms with Gasteiger partial charge in [-0.1, -0.05) is 62.4 Å². The van der Waals surface area contributed by atoms with Crippen molar-refractivity contribution in [2.24, 2.45) is 14.1 Å². The maximum atomic E-state index is 13.1. The number of nitrogens with one attached hydrogen (secondary N) is 2. The Morgan fingerprint density at radius 2 is 1.71 bits per heavy atom. The molecule has 0 aliphatic heterocycles. The van der Waals surface area contributed by atoms with Crippen LogP contribution in [0.25, 0.3) is 33.9 Å². The zero-order valence-electron chi connectivity index (χ0n) is 23.2. The summed E-state index contributed by atoms with van der Waals surface area (Å²) >= 11 is 0. The van der Waals surface area contributed by atoms with Crippen LogP contribution >= 0.6 is 0 Å². The Hall–Kier alpha value is -4.74. The SMILES string of the molecule is CNC(=O)c1nc(-c2ccccc2C(C)C)nc2c1n(C)c(=N)n2Cc1ccc(-c2nc(C(F)(F)F)cn2C)cc1. The lowest BCUT2D eigenvalue weighted by atomic mass is 9.97. The van der Waals surface area contributed by atoms with Gasteiger partial charge in [0, 0.05) is 38.5 Å². The average Bonchev–Trinajstić information content (AvgIpc) is 3.46. The van der Waals surface area contributed by atoms with Crippen molar-refractivity contribution in [2.75, 3.05) is 7.05 Å². The lowest BCUT2D eigenvalue weighted by molar-refractivity contribution is -0.140. The highest BCUT2D eigenvalue weighted by Crippen LogP contribution is 2.31. The number of benzene rings is 2. The number of fused-ring (bicyclic) bond motifs is 1. The van der Waals surface area contributed by atoms with Gasteiger partial charge in [-0.3, -0.25) is 14.8 Å². The molecular weight excluding hydrogens is 533 g/mol. The van der Waals surface area contributed by atoms with Gasteiger partial charge in [0.05, 0.1) is 6.54 Å². The van der Waals surface area contributed by atoms with Crippen LogP contribution in [0.15, 0.2) is 54.7 Å². The zero-order chi connectivity index (χ0) is 29.6. The number of rotatable bonds is 6. The second-order valence-electron chi connectivity index (χ2n) is 10.1. The molecule has 5 rings (SSSR count). The molecular formula is C29H29F3N8O. The van der Waals surface area contributed by atoms with Crippen molar-refractivity contribution < 1.29 is 18.0 Å². The number of amides is 1. The van der Waals surface area contributed by atoms with Crippen LogP contribution < -0.4 is 10.9 Å². The quantitative estimate of drug-likeness (QED) is 0.308. The van der Waals surface area contributed by atoms with Gasteiger partial charge in [-0.2, -0.15) is 13.2 Å². The summed E-state index contributed by atoms with van der Waals surface area (Å²) in [5.74, 6) is 0.365. The Balaban J connectivity index is 1.61. The molecule has 2 N–H and O–H groups in total. The highest BCUT2D eigenvalue weighted by Gasteiger charge is 2.34. The van der Waals surface area contributed by atoms with Crippen molar-refractivity contribution in [1.29, 1.82) is 5.41 Å². The summed E-state index contributed by atoms with van der Waals surface area (Å²) in [5, 5.41) is 11.5. The normalized spacial score (nSPS) is 11.9. The van der Waals surface area contributed by atoms with Crippen LogP contribution in [0.5, 0.6) is 0 Å². The number of aromatic nitrogens is 6. The van der Waals surface area contributed by atoms with Crippen LogP contribution in [0, 0.1) is 5.41 Å². The summed E-state index contributed by atoms with van der Waals surface area (Å²) in [5.41, 5.74) is 3.30. The largest absolute Gasteiger partial charge is 0.434 e. The van der Waals surface area contributed by atoms with Gasteiger partial charge < -0.3 is 14.5 Å². The molecule has 0 saturated heterocycles. The minimum atomic E-state index is -4.53. The molecule has 0 atom stereocenters. The topological polar surface area (TPSA) is 106 Å². The Labute approximate surface area is 233 Å². The van der Waals surface area contributed by atoms with Gasteiger partial charge in [0.25, 0.3) is 5.91 Å². The second-order valence-corrected chi connectivity index (χ2v) is 10.1. The van der Waals surface area contributed by atoms with E-state index in [9.17, 15) is 18.0 Å². The van der Waals surface area contributed by atoms with E-state index in [1.165, 1.54) is 18.7 Å². The Bertz CT molecular complexity index is 1830. The molecule has 2 aromatic carbocycles. The number of carbonyl (C=O) groups is 1. The molecule has 41 heavy (non-hydrogen) atoms. The molecule has 0 aliphatic rings. The van der Waals surface area contributed by atoms with E-state index in [2.05, 4.69) is 29.1 Å². The van der Waals surface area contributed by atoms with Gasteiger partial charge in [-0.15, -0.1) is 0 Å². The molecule has 0 saturated carbocycles. The summed E-state index contributed by atoms with van der Waals surface area (Å²) in [6.45, 7) is 4.38. The molecule has 0 aliphatic carbocycles. The maximum absolute atomic E-state index is 13.1. The van der Waals surface area contributed by atoms with Crippen LogP contribution in [0.2, 0.25) is 0 Å². The Morgan fingerprint density at radius 3 is 2.32 bits per heavy atom. The number of aryl methyl sites for hydroxylation is 2. The number of halogens is 3. The van der Waals surface area contributed by atoms with Crippen molar-refractivity contribution in [2.45, 2.75) is 32.5 Å². The molecule has 12 heteroatoms. The summed E-state index contributed by atoms with van der Waals surface area (Å²) < 4.78 is 44.0. The van der Waals surface area contributed by atoms with E-state index in [-0.39, 0.29) is 29.6 Å². The molecule has 0 radical (unpaired) electrons.